The number of nitrogens with zero attached hydrogens (tertiary/aromatic N) is 1. The van der Waals surface area contributed by atoms with E-state index in [2.05, 4.69) is 15.1 Å². The lowest BCUT2D eigenvalue weighted by molar-refractivity contribution is -0.136. The van der Waals surface area contributed by atoms with E-state index in [1.165, 1.54) is 42.5 Å². The number of amides is 2. The average molecular weight is 458 g/mol. The standard InChI is InChI=1S/C21H19FN4O5S/c1-14-6-10-17(11-7-14)32(29,30)24-13-16-9-8-15(31-16)12-23-26-21(28)20(27)25-19-5-3-2-4-18(19)22/h2-12,24H,13H2,1H3,(H,25,27)(H,26,28)/b23-12+. The molecule has 3 rings (SSSR count). The average Bonchev–Trinajstić information content (AvgIpc) is 3.22. The van der Waals surface area contributed by atoms with Gasteiger partial charge in [-0.3, -0.25) is 9.59 Å². The Morgan fingerprint density at radius 3 is 2.47 bits per heavy atom. The van der Waals surface area contributed by atoms with Crippen LogP contribution in [0.2, 0.25) is 0 Å². The largest absolute Gasteiger partial charge is 0.459 e. The van der Waals surface area contributed by atoms with E-state index >= 15 is 0 Å². The summed E-state index contributed by atoms with van der Waals surface area (Å²) >= 11 is 0. The molecule has 0 aliphatic carbocycles. The molecule has 0 atom stereocenters. The van der Waals surface area contributed by atoms with Crippen molar-refractivity contribution in [2.24, 2.45) is 5.10 Å². The number of hydrogen-bond acceptors (Lipinski definition) is 6. The summed E-state index contributed by atoms with van der Waals surface area (Å²) in [6.07, 6.45) is 1.13. The van der Waals surface area contributed by atoms with Crippen molar-refractivity contribution in [3.05, 3.63) is 83.6 Å². The summed E-state index contributed by atoms with van der Waals surface area (Å²) in [5.74, 6) is -2.37. The van der Waals surface area contributed by atoms with Gasteiger partial charge in [0.05, 0.1) is 23.3 Å². The van der Waals surface area contributed by atoms with Crippen LogP contribution in [0.25, 0.3) is 0 Å². The van der Waals surface area contributed by atoms with E-state index in [1.807, 2.05) is 12.3 Å². The molecule has 3 aromatic rings. The minimum Gasteiger partial charge on any atom is -0.459 e. The van der Waals surface area contributed by atoms with Crippen LogP contribution in [0.15, 0.2) is 75.1 Å². The maximum absolute atomic E-state index is 13.5. The molecule has 0 saturated heterocycles. The molecule has 0 aliphatic heterocycles. The molecule has 0 unspecified atom stereocenters. The van der Waals surface area contributed by atoms with Gasteiger partial charge in [-0.1, -0.05) is 29.8 Å². The van der Waals surface area contributed by atoms with Crippen molar-refractivity contribution in [3.8, 4) is 0 Å². The molecule has 0 radical (unpaired) electrons. The Bertz CT molecular complexity index is 1250. The SMILES string of the molecule is Cc1ccc(S(=O)(=O)NCc2ccc(/C=N/NC(=O)C(=O)Nc3ccccc3F)o2)cc1. The molecule has 0 aliphatic rings. The number of aryl methyl sites for hydroxylation is 1. The first-order chi connectivity index (χ1) is 15.2. The minimum absolute atomic E-state index is 0.0958. The van der Waals surface area contributed by atoms with Crippen LogP contribution in [-0.2, 0) is 26.2 Å². The third-order valence-electron chi connectivity index (χ3n) is 4.14. The van der Waals surface area contributed by atoms with Crippen molar-refractivity contribution in [3.63, 3.8) is 0 Å². The topological polar surface area (TPSA) is 130 Å². The maximum Gasteiger partial charge on any atom is 0.329 e. The zero-order valence-electron chi connectivity index (χ0n) is 16.8. The Balaban J connectivity index is 1.51. The fourth-order valence-corrected chi connectivity index (χ4v) is 3.47. The molecule has 0 bridgehead atoms. The minimum atomic E-state index is -3.70. The smallest absolute Gasteiger partial charge is 0.329 e. The van der Waals surface area contributed by atoms with Crippen molar-refractivity contribution >= 4 is 33.7 Å². The van der Waals surface area contributed by atoms with Crippen LogP contribution in [0.1, 0.15) is 17.1 Å². The zero-order chi connectivity index (χ0) is 23.1. The van der Waals surface area contributed by atoms with E-state index in [0.29, 0.717) is 5.76 Å². The summed E-state index contributed by atoms with van der Waals surface area (Å²) in [7, 11) is -3.70. The first kappa shape index (κ1) is 22.8. The lowest BCUT2D eigenvalue weighted by Crippen LogP contribution is -2.32. The summed E-state index contributed by atoms with van der Waals surface area (Å²) in [6, 6.07) is 14.8. The van der Waals surface area contributed by atoms with Crippen molar-refractivity contribution in [1.29, 1.82) is 0 Å². The third kappa shape index (κ3) is 6.09. The predicted molar refractivity (Wildman–Crippen MR) is 115 cm³/mol. The van der Waals surface area contributed by atoms with Crippen LogP contribution >= 0.6 is 0 Å². The molecule has 0 saturated carbocycles. The van der Waals surface area contributed by atoms with Gasteiger partial charge in [0.1, 0.15) is 17.3 Å². The number of furan rings is 1. The molecule has 9 nitrogen and oxygen atoms in total. The molecule has 2 aromatic carbocycles. The first-order valence-electron chi connectivity index (χ1n) is 9.28. The number of halogens is 1. The fraction of sp³-hybridized carbons (Fsp3) is 0.0952. The van der Waals surface area contributed by atoms with E-state index in [4.69, 9.17) is 4.42 Å². The second-order valence-corrected chi connectivity index (χ2v) is 8.34. The van der Waals surface area contributed by atoms with Crippen molar-refractivity contribution in [1.82, 2.24) is 10.1 Å². The summed E-state index contributed by atoms with van der Waals surface area (Å²) in [5, 5.41) is 5.71. The highest BCUT2D eigenvalue weighted by Crippen LogP contribution is 2.13. The molecule has 0 spiro atoms. The van der Waals surface area contributed by atoms with Crippen LogP contribution in [0.4, 0.5) is 10.1 Å². The Hall–Kier alpha value is -3.83. The maximum atomic E-state index is 13.5. The summed E-state index contributed by atoms with van der Waals surface area (Å²) < 4.78 is 45.9. The third-order valence-corrected chi connectivity index (χ3v) is 5.55. The molecule has 0 fully saturated rings. The van der Waals surface area contributed by atoms with E-state index in [1.54, 1.807) is 12.1 Å². The normalized spacial score (nSPS) is 11.4. The number of carbonyl (C=O) groups excluding carboxylic acids is 2. The second-order valence-electron chi connectivity index (χ2n) is 6.57. The number of sulfonamides is 1. The summed E-state index contributed by atoms with van der Waals surface area (Å²) in [5.41, 5.74) is 2.79. The van der Waals surface area contributed by atoms with Gasteiger partial charge in [-0.05, 0) is 43.3 Å². The van der Waals surface area contributed by atoms with Gasteiger partial charge >= 0.3 is 11.8 Å². The van der Waals surface area contributed by atoms with Gasteiger partial charge in [-0.15, -0.1) is 0 Å². The van der Waals surface area contributed by atoms with Gasteiger partial charge in [0.2, 0.25) is 10.0 Å². The Kier molecular flexibility index (Phi) is 7.13. The number of carbonyl (C=O) groups is 2. The van der Waals surface area contributed by atoms with Crippen LogP contribution in [0, 0.1) is 12.7 Å². The highest BCUT2D eigenvalue weighted by Gasteiger charge is 2.16. The lowest BCUT2D eigenvalue weighted by atomic mass is 10.2. The van der Waals surface area contributed by atoms with Crippen LogP contribution in [0.5, 0.6) is 0 Å². The predicted octanol–water partition coefficient (Wildman–Crippen LogP) is 2.29. The number of benzene rings is 2. The monoisotopic (exact) mass is 458 g/mol. The van der Waals surface area contributed by atoms with Crippen LogP contribution < -0.4 is 15.5 Å². The van der Waals surface area contributed by atoms with Crippen molar-refractivity contribution < 1.29 is 26.8 Å². The number of anilines is 1. The quantitative estimate of drug-likeness (QED) is 0.284. The molecule has 32 heavy (non-hydrogen) atoms. The fourth-order valence-electron chi connectivity index (χ4n) is 2.47. The summed E-state index contributed by atoms with van der Waals surface area (Å²) in [4.78, 5) is 23.7. The Morgan fingerprint density at radius 1 is 1.03 bits per heavy atom. The zero-order valence-corrected chi connectivity index (χ0v) is 17.6. The Labute approximate surface area is 183 Å². The Morgan fingerprint density at radius 2 is 1.75 bits per heavy atom. The molecule has 1 heterocycles. The van der Waals surface area contributed by atoms with E-state index in [9.17, 15) is 22.4 Å². The van der Waals surface area contributed by atoms with E-state index in [0.717, 1.165) is 17.8 Å². The van der Waals surface area contributed by atoms with Gasteiger partial charge < -0.3 is 9.73 Å². The van der Waals surface area contributed by atoms with E-state index in [-0.39, 0.29) is 22.9 Å². The molecule has 3 N–H and O–H groups in total. The van der Waals surface area contributed by atoms with E-state index < -0.39 is 27.7 Å². The number of hydrazone groups is 1. The van der Waals surface area contributed by atoms with Crippen LogP contribution in [-0.4, -0.2) is 26.4 Å². The van der Waals surface area contributed by atoms with Crippen LogP contribution in [0.3, 0.4) is 0 Å². The molecule has 166 valence electrons. The second kappa shape index (κ2) is 9.98. The van der Waals surface area contributed by atoms with Crippen molar-refractivity contribution in [2.45, 2.75) is 18.4 Å². The highest BCUT2D eigenvalue weighted by molar-refractivity contribution is 7.89. The van der Waals surface area contributed by atoms with Gasteiger partial charge in [-0.2, -0.15) is 5.10 Å². The number of nitrogens with one attached hydrogen (secondary N) is 3. The van der Waals surface area contributed by atoms with Gasteiger partial charge in [0, 0.05) is 0 Å². The molecule has 11 heteroatoms. The lowest BCUT2D eigenvalue weighted by Gasteiger charge is -2.05. The van der Waals surface area contributed by atoms with Gasteiger partial charge in [0.25, 0.3) is 0 Å². The van der Waals surface area contributed by atoms with Gasteiger partial charge in [-0.25, -0.2) is 23.0 Å². The number of hydrogen-bond donors (Lipinski definition) is 3. The molecule has 1 aromatic heterocycles. The number of rotatable bonds is 7. The summed E-state index contributed by atoms with van der Waals surface area (Å²) in [6.45, 7) is 1.76. The molecular formula is C21H19FN4O5S. The highest BCUT2D eigenvalue weighted by atomic mass is 32.2. The first-order valence-corrected chi connectivity index (χ1v) is 10.8. The molecule has 2 amide bonds. The van der Waals surface area contributed by atoms with Crippen molar-refractivity contribution in [2.75, 3.05) is 5.32 Å². The number of para-hydroxylation sites is 1. The van der Waals surface area contributed by atoms with Gasteiger partial charge in [0.15, 0.2) is 0 Å². The molecular weight excluding hydrogens is 439 g/mol.